The van der Waals surface area contributed by atoms with Crippen molar-refractivity contribution in [1.29, 1.82) is 0 Å². The Morgan fingerprint density at radius 2 is 1.93 bits per heavy atom. The molecule has 0 bridgehead atoms. The van der Waals surface area contributed by atoms with E-state index in [9.17, 15) is 9.18 Å². The Kier molecular flexibility index (Phi) is 4.96. The lowest BCUT2D eigenvalue weighted by molar-refractivity contribution is -0.131. The summed E-state index contributed by atoms with van der Waals surface area (Å²) in [7, 11) is 0. The van der Waals surface area contributed by atoms with E-state index in [2.05, 4.69) is 10.1 Å². The third kappa shape index (κ3) is 4.05. The van der Waals surface area contributed by atoms with Crippen LogP contribution in [0.1, 0.15) is 30.1 Å². The zero-order valence-corrected chi connectivity index (χ0v) is 14.8. The van der Waals surface area contributed by atoms with E-state index in [1.54, 1.807) is 12.1 Å². The van der Waals surface area contributed by atoms with Crippen LogP contribution in [0.5, 0.6) is 0 Å². The highest BCUT2D eigenvalue weighted by Gasteiger charge is 2.28. The highest BCUT2D eigenvalue weighted by Crippen LogP contribution is 2.27. The van der Waals surface area contributed by atoms with E-state index in [1.165, 1.54) is 12.1 Å². The number of carbonyl (C=O) groups is 1. The molecule has 4 rings (SSSR count). The molecule has 2 heterocycles. The highest BCUT2D eigenvalue weighted by atomic mass is 19.1. The van der Waals surface area contributed by atoms with Gasteiger partial charge in [0, 0.05) is 24.6 Å². The average molecular weight is 365 g/mol. The number of piperidine rings is 1. The van der Waals surface area contributed by atoms with Crippen LogP contribution in [0.25, 0.3) is 11.5 Å². The Morgan fingerprint density at radius 1 is 1.15 bits per heavy atom. The molecule has 3 aromatic rings. The molecule has 0 spiro atoms. The first kappa shape index (κ1) is 17.4. The number of aromatic nitrogens is 2. The van der Waals surface area contributed by atoms with Crippen LogP contribution in [0.3, 0.4) is 0 Å². The quantitative estimate of drug-likeness (QED) is 0.705. The Bertz CT molecular complexity index is 909. The molecule has 1 saturated heterocycles. The summed E-state index contributed by atoms with van der Waals surface area (Å²) in [4.78, 5) is 19.0. The Hall–Kier alpha value is -3.02. The maximum atomic E-state index is 13.0. The number of amides is 1. The van der Waals surface area contributed by atoms with E-state index >= 15 is 0 Å². The molecule has 1 atom stereocenters. The molecule has 6 heteroatoms. The SMILES string of the molecule is O=C(Cc1ccc(F)cc1)N1CCCC(c2noc(-c3ccccc3)n2)C1. The van der Waals surface area contributed by atoms with Gasteiger partial charge in [0.2, 0.25) is 5.91 Å². The maximum Gasteiger partial charge on any atom is 0.257 e. The molecule has 1 amide bonds. The lowest BCUT2D eigenvalue weighted by atomic mass is 9.96. The largest absolute Gasteiger partial charge is 0.342 e. The molecule has 1 unspecified atom stereocenters. The standard InChI is InChI=1S/C21H20FN3O2/c22-18-10-8-15(9-11-18)13-19(26)25-12-4-7-17(14-25)20-23-21(27-24-20)16-5-2-1-3-6-16/h1-3,5-6,8-11,17H,4,7,12-14H2. The van der Waals surface area contributed by atoms with Crippen LogP contribution in [0.4, 0.5) is 4.39 Å². The van der Waals surface area contributed by atoms with Crippen molar-refractivity contribution in [1.82, 2.24) is 15.0 Å². The van der Waals surface area contributed by atoms with Gasteiger partial charge in [-0.15, -0.1) is 0 Å². The van der Waals surface area contributed by atoms with Crippen LogP contribution < -0.4 is 0 Å². The number of rotatable bonds is 4. The fourth-order valence-corrected chi connectivity index (χ4v) is 3.40. The van der Waals surface area contributed by atoms with E-state index in [0.717, 1.165) is 30.5 Å². The van der Waals surface area contributed by atoms with E-state index in [1.807, 2.05) is 35.2 Å². The molecule has 138 valence electrons. The average Bonchev–Trinajstić information content (AvgIpc) is 3.21. The van der Waals surface area contributed by atoms with Crippen molar-refractivity contribution in [3.05, 3.63) is 71.8 Å². The van der Waals surface area contributed by atoms with Crippen LogP contribution >= 0.6 is 0 Å². The van der Waals surface area contributed by atoms with Crippen molar-refractivity contribution in [2.24, 2.45) is 0 Å². The van der Waals surface area contributed by atoms with Gasteiger partial charge in [-0.25, -0.2) is 4.39 Å². The van der Waals surface area contributed by atoms with E-state index in [-0.39, 0.29) is 24.1 Å². The lowest BCUT2D eigenvalue weighted by Crippen LogP contribution is -2.40. The van der Waals surface area contributed by atoms with Crippen LogP contribution in [-0.4, -0.2) is 34.0 Å². The van der Waals surface area contributed by atoms with E-state index in [4.69, 9.17) is 4.52 Å². The first-order valence-corrected chi connectivity index (χ1v) is 9.10. The summed E-state index contributed by atoms with van der Waals surface area (Å²) < 4.78 is 18.4. The van der Waals surface area contributed by atoms with Gasteiger partial charge in [0.05, 0.1) is 6.42 Å². The van der Waals surface area contributed by atoms with E-state index < -0.39 is 0 Å². The number of hydrogen-bond donors (Lipinski definition) is 0. The van der Waals surface area contributed by atoms with Crippen molar-refractivity contribution in [3.63, 3.8) is 0 Å². The van der Waals surface area contributed by atoms with Gasteiger partial charge in [0.25, 0.3) is 5.89 Å². The first-order valence-electron chi connectivity index (χ1n) is 9.10. The molecule has 27 heavy (non-hydrogen) atoms. The predicted molar refractivity (Wildman–Crippen MR) is 98.4 cm³/mol. The molecule has 0 N–H and O–H groups in total. The third-order valence-electron chi connectivity index (χ3n) is 4.87. The molecule has 0 saturated carbocycles. The van der Waals surface area contributed by atoms with Gasteiger partial charge in [0.1, 0.15) is 5.82 Å². The second-order valence-corrected chi connectivity index (χ2v) is 6.81. The third-order valence-corrected chi connectivity index (χ3v) is 4.87. The monoisotopic (exact) mass is 365 g/mol. The molecule has 1 aliphatic heterocycles. The number of likely N-dealkylation sites (tertiary alicyclic amines) is 1. The number of nitrogens with zero attached hydrogens (tertiary/aromatic N) is 3. The van der Waals surface area contributed by atoms with Gasteiger partial charge in [0.15, 0.2) is 5.82 Å². The summed E-state index contributed by atoms with van der Waals surface area (Å²) in [5.74, 6) is 0.958. The zero-order chi connectivity index (χ0) is 18.6. The minimum atomic E-state index is -0.296. The Morgan fingerprint density at radius 3 is 2.70 bits per heavy atom. The summed E-state index contributed by atoms with van der Waals surface area (Å²) in [5.41, 5.74) is 1.70. The minimum absolute atomic E-state index is 0.0399. The van der Waals surface area contributed by atoms with Gasteiger partial charge in [-0.3, -0.25) is 4.79 Å². The van der Waals surface area contributed by atoms with Gasteiger partial charge in [-0.1, -0.05) is 35.5 Å². The summed E-state index contributed by atoms with van der Waals surface area (Å²) in [5, 5.41) is 4.14. The fourth-order valence-electron chi connectivity index (χ4n) is 3.40. The van der Waals surface area contributed by atoms with Gasteiger partial charge in [-0.05, 0) is 42.7 Å². The summed E-state index contributed by atoms with van der Waals surface area (Å²) in [6.45, 7) is 1.30. The molecule has 1 aromatic heterocycles. The smallest absolute Gasteiger partial charge is 0.257 e. The van der Waals surface area contributed by atoms with Crippen molar-refractivity contribution in [3.8, 4) is 11.5 Å². The van der Waals surface area contributed by atoms with Crippen LogP contribution in [0, 0.1) is 5.82 Å². The van der Waals surface area contributed by atoms with Gasteiger partial charge in [-0.2, -0.15) is 4.98 Å². The Labute approximate surface area is 156 Å². The second-order valence-electron chi connectivity index (χ2n) is 6.81. The molecule has 1 fully saturated rings. The summed E-state index contributed by atoms with van der Waals surface area (Å²) >= 11 is 0. The van der Waals surface area contributed by atoms with Crippen LogP contribution in [0.15, 0.2) is 59.1 Å². The van der Waals surface area contributed by atoms with E-state index in [0.29, 0.717) is 18.3 Å². The van der Waals surface area contributed by atoms with Gasteiger partial charge < -0.3 is 9.42 Å². The minimum Gasteiger partial charge on any atom is -0.342 e. The first-order chi connectivity index (χ1) is 13.2. The van der Waals surface area contributed by atoms with Crippen LogP contribution in [0.2, 0.25) is 0 Å². The molecule has 0 aliphatic carbocycles. The fraction of sp³-hybridized carbons (Fsp3) is 0.286. The number of carbonyl (C=O) groups excluding carboxylic acids is 1. The molecule has 1 aliphatic rings. The molecule has 0 radical (unpaired) electrons. The van der Waals surface area contributed by atoms with Crippen LogP contribution in [-0.2, 0) is 11.2 Å². The van der Waals surface area contributed by atoms with Crippen molar-refractivity contribution in [2.45, 2.75) is 25.2 Å². The molecule has 5 nitrogen and oxygen atoms in total. The van der Waals surface area contributed by atoms with Crippen molar-refractivity contribution >= 4 is 5.91 Å². The van der Waals surface area contributed by atoms with Gasteiger partial charge >= 0.3 is 0 Å². The zero-order valence-electron chi connectivity index (χ0n) is 14.8. The molecule has 2 aromatic carbocycles. The lowest BCUT2D eigenvalue weighted by Gasteiger charge is -2.31. The Balaban J connectivity index is 1.43. The number of benzene rings is 2. The van der Waals surface area contributed by atoms with Crippen molar-refractivity contribution < 1.29 is 13.7 Å². The normalized spacial score (nSPS) is 17.1. The number of halogens is 1. The molecular formula is C21H20FN3O2. The topological polar surface area (TPSA) is 59.2 Å². The predicted octanol–water partition coefficient (Wildman–Crippen LogP) is 3.82. The summed E-state index contributed by atoms with van der Waals surface area (Å²) in [6, 6.07) is 15.7. The second kappa shape index (κ2) is 7.70. The maximum absolute atomic E-state index is 13.0. The number of hydrogen-bond acceptors (Lipinski definition) is 4. The summed E-state index contributed by atoms with van der Waals surface area (Å²) in [6.07, 6.45) is 2.09. The highest BCUT2D eigenvalue weighted by molar-refractivity contribution is 5.79. The van der Waals surface area contributed by atoms with Crippen molar-refractivity contribution in [2.75, 3.05) is 13.1 Å². The molecular weight excluding hydrogens is 345 g/mol.